The zero-order valence-electron chi connectivity index (χ0n) is 23.6. The average molecular weight is 631 g/mol. The number of aromatic nitrogens is 6. The van der Waals surface area contributed by atoms with Crippen LogP contribution in [0.3, 0.4) is 0 Å². The molecule has 1 saturated heterocycles. The molecule has 1 atom stereocenters. The zero-order chi connectivity index (χ0) is 30.2. The molecule has 0 unspecified atom stereocenters. The molecule has 44 heavy (non-hydrogen) atoms. The van der Waals surface area contributed by atoms with Crippen molar-refractivity contribution in [2.24, 2.45) is 4.99 Å². The molecule has 0 N–H and O–H groups in total. The second-order valence-electron chi connectivity index (χ2n) is 10.9. The molecule has 12 nitrogen and oxygen atoms in total. The van der Waals surface area contributed by atoms with E-state index in [-0.39, 0.29) is 24.1 Å². The molecule has 1 aromatic carbocycles. The minimum atomic E-state index is -0.507. The first-order valence-corrected chi connectivity index (χ1v) is 15.7. The molecule has 1 fully saturated rings. The number of likely N-dealkylation sites (tertiary alicyclic amines) is 1. The van der Waals surface area contributed by atoms with Crippen molar-refractivity contribution in [1.82, 2.24) is 34.7 Å². The number of fused-ring (bicyclic) bond motifs is 1. The van der Waals surface area contributed by atoms with E-state index >= 15 is 0 Å². The van der Waals surface area contributed by atoms with Crippen LogP contribution in [0.5, 0.6) is 0 Å². The number of carbonyl (C=O) groups is 2. The van der Waals surface area contributed by atoms with Crippen molar-refractivity contribution >= 4 is 46.1 Å². The fourth-order valence-electron chi connectivity index (χ4n) is 5.95. The first kappa shape index (κ1) is 28.3. The third-order valence-corrected chi connectivity index (χ3v) is 9.30. The van der Waals surface area contributed by atoms with Crippen LogP contribution in [0.2, 0.25) is 5.02 Å². The van der Waals surface area contributed by atoms with Gasteiger partial charge in [-0.15, -0.1) is 16.4 Å². The van der Waals surface area contributed by atoms with Gasteiger partial charge in [-0.25, -0.2) is 9.78 Å². The summed E-state index contributed by atoms with van der Waals surface area (Å²) >= 11 is 7.58. The van der Waals surface area contributed by atoms with Gasteiger partial charge in [0.05, 0.1) is 17.4 Å². The number of tetrazole rings is 1. The number of nitrogens with zero attached hydrogens (tertiary/aromatic N) is 8. The zero-order valence-corrected chi connectivity index (χ0v) is 25.1. The van der Waals surface area contributed by atoms with E-state index in [0.717, 1.165) is 49.2 Å². The van der Waals surface area contributed by atoms with Crippen molar-refractivity contribution in [3.05, 3.63) is 79.9 Å². The molecule has 0 saturated carbocycles. The highest BCUT2D eigenvalue weighted by Gasteiger charge is 2.32. The second kappa shape index (κ2) is 11.9. The van der Waals surface area contributed by atoms with Crippen LogP contribution in [-0.2, 0) is 16.0 Å². The molecule has 0 aliphatic carbocycles. The summed E-state index contributed by atoms with van der Waals surface area (Å²) in [5, 5.41) is 13.8. The number of benzene rings is 1. The van der Waals surface area contributed by atoms with Crippen LogP contribution in [0.15, 0.2) is 58.0 Å². The molecule has 224 valence electrons. The molecular formula is C30H27ClN8O4S. The monoisotopic (exact) mass is 630 g/mol. The number of hydrogen-bond acceptors (Lipinski definition) is 10. The molecule has 0 radical (unpaired) electrons. The summed E-state index contributed by atoms with van der Waals surface area (Å²) in [4.78, 5) is 50.2. The van der Waals surface area contributed by atoms with Gasteiger partial charge in [-0.1, -0.05) is 11.6 Å². The Morgan fingerprint density at radius 3 is 2.80 bits per heavy atom. The van der Waals surface area contributed by atoms with E-state index in [4.69, 9.17) is 21.3 Å². The van der Waals surface area contributed by atoms with Crippen molar-refractivity contribution in [2.45, 2.75) is 44.6 Å². The van der Waals surface area contributed by atoms with Crippen molar-refractivity contribution in [3.8, 4) is 16.9 Å². The number of hydrogen-bond donors (Lipinski definition) is 0. The molecular weight excluding hydrogens is 604 g/mol. The fourth-order valence-corrected chi connectivity index (χ4v) is 6.95. The SMILES string of the molecule is O=C(OCC(=O)N1CCCCC1)c1cc(C2=CN=C([C@@H]3CCc4nc(-c5cc(Cl)ccc5-n5cnnn5)cc(=O)n43)C2)cs1. The second-order valence-corrected chi connectivity index (χ2v) is 12.3. The number of allylic oxidation sites excluding steroid dienone is 1. The molecule has 6 heterocycles. The highest BCUT2D eigenvalue weighted by atomic mass is 35.5. The van der Waals surface area contributed by atoms with Gasteiger partial charge in [-0.2, -0.15) is 4.68 Å². The minimum absolute atomic E-state index is 0.152. The van der Waals surface area contributed by atoms with E-state index in [1.165, 1.54) is 28.4 Å². The van der Waals surface area contributed by atoms with Crippen molar-refractivity contribution in [2.75, 3.05) is 19.7 Å². The lowest BCUT2D eigenvalue weighted by Gasteiger charge is -2.26. The van der Waals surface area contributed by atoms with Crippen LogP contribution in [0.1, 0.15) is 59.2 Å². The number of thiophene rings is 1. The summed E-state index contributed by atoms with van der Waals surface area (Å²) < 4.78 is 8.54. The Balaban J connectivity index is 1.03. The number of aryl methyl sites for hydroxylation is 1. The number of carbonyl (C=O) groups excluding carboxylic acids is 2. The van der Waals surface area contributed by atoms with Crippen LogP contribution < -0.4 is 5.56 Å². The molecule has 3 aromatic heterocycles. The van der Waals surface area contributed by atoms with Crippen LogP contribution in [0, 0.1) is 0 Å². The summed E-state index contributed by atoms with van der Waals surface area (Å²) in [5.74, 6) is 0.0176. The standard InChI is InChI=1S/C30H27ClN8O4S/c31-20-4-5-24(38-17-33-35-36-38)21(12-20)22-13-28(40)39-25(6-7-27(39)34-22)23-10-18(14-32-23)19-11-26(44-16-19)30(42)43-15-29(41)37-8-2-1-3-9-37/h4-5,11-14,16-17,25H,1-3,6-10,15H2/t25-/m0/s1. The number of amides is 1. The Hall–Kier alpha value is -4.49. The van der Waals surface area contributed by atoms with Crippen LogP contribution >= 0.6 is 22.9 Å². The third kappa shape index (κ3) is 5.48. The van der Waals surface area contributed by atoms with E-state index in [0.29, 0.717) is 51.9 Å². The van der Waals surface area contributed by atoms with Gasteiger partial charge in [0.2, 0.25) is 0 Å². The quantitative estimate of drug-likeness (QED) is 0.278. The summed E-state index contributed by atoms with van der Waals surface area (Å²) in [6.07, 6.45) is 8.23. The maximum Gasteiger partial charge on any atom is 0.348 e. The topological polar surface area (TPSA) is 137 Å². The minimum Gasteiger partial charge on any atom is -0.451 e. The Morgan fingerprint density at radius 1 is 1.11 bits per heavy atom. The molecule has 1 amide bonds. The smallest absolute Gasteiger partial charge is 0.348 e. The van der Waals surface area contributed by atoms with Crippen molar-refractivity contribution < 1.29 is 14.3 Å². The van der Waals surface area contributed by atoms with Gasteiger partial charge >= 0.3 is 5.97 Å². The van der Waals surface area contributed by atoms with Gasteiger partial charge in [0.25, 0.3) is 11.5 Å². The molecule has 4 aromatic rings. The lowest BCUT2D eigenvalue weighted by molar-refractivity contribution is -0.135. The molecule has 14 heteroatoms. The lowest BCUT2D eigenvalue weighted by atomic mass is 10.0. The highest BCUT2D eigenvalue weighted by molar-refractivity contribution is 7.12. The predicted octanol–water partition coefficient (Wildman–Crippen LogP) is 4.14. The van der Waals surface area contributed by atoms with Crippen molar-refractivity contribution in [3.63, 3.8) is 0 Å². The van der Waals surface area contributed by atoms with Gasteiger partial charge in [0, 0.05) is 54.5 Å². The van der Waals surface area contributed by atoms with E-state index < -0.39 is 5.97 Å². The maximum atomic E-state index is 13.5. The normalized spacial score (nSPS) is 17.8. The summed E-state index contributed by atoms with van der Waals surface area (Å²) in [6, 6.07) is 8.34. The Morgan fingerprint density at radius 2 is 1.98 bits per heavy atom. The first-order valence-electron chi connectivity index (χ1n) is 14.4. The molecule has 0 bridgehead atoms. The first-order chi connectivity index (χ1) is 21.4. The Labute approximate surface area is 260 Å². The average Bonchev–Trinajstić information content (AvgIpc) is 3.86. The van der Waals surface area contributed by atoms with E-state index in [1.807, 2.05) is 5.38 Å². The lowest BCUT2D eigenvalue weighted by Crippen LogP contribution is -2.38. The van der Waals surface area contributed by atoms with Gasteiger partial charge in [0.15, 0.2) is 6.61 Å². The summed E-state index contributed by atoms with van der Waals surface area (Å²) in [5.41, 5.74) is 4.33. The highest BCUT2D eigenvalue weighted by Crippen LogP contribution is 2.35. The van der Waals surface area contributed by atoms with Gasteiger partial charge in [-0.3, -0.25) is 19.1 Å². The van der Waals surface area contributed by atoms with Gasteiger partial charge < -0.3 is 9.64 Å². The number of halogens is 1. The molecule has 0 spiro atoms. The summed E-state index contributed by atoms with van der Waals surface area (Å²) in [6.45, 7) is 1.19. The van der Waals surface area contributed by atoms with E-state index in [2.05, 4.69) is 20.5 Å². The van der Waals surface area contributed by atoms with Crippen LogP contribution in [-0.4, -0.2) is 71.9 Å². The number of rotatable bonds is 7. The predicted molar refractivity (Wildman–Crippen MR) is 164 cm³/mol. The number of ether oxygens (including phenoxy) is 1. The Bertz CT molecular complexity index is 1870. The van der Waals surface area contributed by atoms with Gasteiger partial charge in [0.1, 0.15) is 17.0 Å². The van der Waals surface area contributed by atoms with Crippen molar-refractivity contribution in [1.29, 1.82) is 0 Å². The Kier molecular flexibility index (Phi) is 7.64. The molecule has 3 aliphatic heterocycles. The molecule has 7 rings (SSSR count). The number of aliphatic imine (C=N–C) groups is 1. The molecule has 3 aliphatic rings. The van der Waals surface area contributed by atoms with E-state index in [9.17, 15) is 14.4 Å². The van der Waals surface area contributed by atoms with Crippen LogP contribution in [0.4, 0.5) is 0 Å². The number of piperidine rings is 1. The van der Waals surface area contributed by atoms with Gasteiger partial charge in [-0.05, 0) is 76.9 Å². The fraction of sp³-hybridized carbons (Fsp3) is 0.333. The van der Waals surface area contributed by atoms with E-state index in [1.54, 1.807) is 39.9 Å². The summed E-state index contributed by atoms with van der Waals surface area (Å²) in [7, 11) is 0. The maximum absolute atomic E-state index is 13.5. The largest absolute Gasteiger partial charge is 0.451 e. The number of esters is 1. The van der Waals surface area contributed by atoms with Crippen LogP contribution in [0.25, 0.3) is 22.5 Å². The third-order valence-electron chi connectivity index (χ3n) is 8.16.